The van der Waals surface area contributed by atoms with E-state index in [2.05, 4.69) is 34.1 Å². The van der Waals surface area contributed by atoms with Crippen LogP contribution in [0.3, 0.4) is 0 Å². The fourth-order valence-corrected chi connectivity index (χ4v) is 3.67. The molecule has 0 atom stereocenters. The summed E-state index contributed by atoms with van der Waals surface area (Å²) in [5, 5.41) is 10.1. The second kappa shape index (κ2) is 4.40. The van der Waals surface area contributed by atoms with Crippen LogP contribution in [0.2, 0.25) is 0 Å². The van der Waals surface area contributed by atoms with E-state index in [1.54, 1.807) is 0 Å². The fraction of sp³-hybridized carbons (Fsp3) is 0.600. The quantitative estimate of drug-likeness (QED) is 0.853. The molecule has 2 aliphatic rings. The van der Waals surface area contributed by atoms with Gasteiger partial charge in [0.2, 0.25) is 0 Å². The predicted molar refractivity (Wildman–Crippen MR) is 73.1 cm³/mol. The molecule has 2 saturated carbocycles. The molecule has 2 heteroatoms. The number of aliphatic hydroxyl groups is 1. The van der Waals surface area contributed by atoms with Gasteiger partial charge in [-0.1, -0.05) is 47.3 Å². The number of hydrogen-bond donors (Lipinski definition) is 1. The van der Waals surface area contributed by atoms with E-state index >= 15 is 0 Å². The van der Waals surface area contributed by atoms with Crippen LogP contribution in [0.25, 0.3) is 0 Å². The molecule has 0 amide bonds. The van der Waals surface area contributed by atoms with Gasteiger partial charge in [-0.2, -0.15) is 0 Å². The molecule has 0 radical (unpaired) electrons. The number of hydrogen-bond acceptors (Lipinski definition) is 1. The molecule has 0 spiro atoms. The van der Waals surface area contributed by atoms with Gasteiger partial charge in [0, 0.05) is 4.47 Å². The number of benzene rings is 1. The molecule has 1 aromatic rings. The molecule has 92 valence electrons. The van der Waals surface area contributed by atoms with Crippen molar-refractivity contribution in [3.05, 3.63) is 33.8 Å². The monoisotopic (exact) mass is 294 g/mol. The van der Waals surface area contributed by atoms with Crippen molar-refractivity contribution in [2.75, 3.05) is 0 Å². The molecule has 0 aliphatic heterocycles. The molecular formula is C15H19BrO. The van der Waals surface area contributed by atoms with Gasteiger partial charge in [-0.3, -0.25) is 0 Å². The van der Waals surface area contributed by atoms with Gasteiger partial charge in [0.1, 0.15) is 0 Å². The normalized spacial score (nSPS) is 23.6. The van der Waals surface area contributed by atoms with Crippen LogP contribution in [0.5, 0.6) is 0 Å². The maximum Gasteiger partial charge on any atom is 0.0899 e. The minimum absolute atomic E-state index is 0.506. The molecule has 2 aliphatic carbocycles. The molecular weight excluding hydrogens is 276 g/mol. The summed E-state index contributed by atoms with van der Waals surface area (Å²) >= 11 is 3.69. The van der Waals surface area contributed by atoms with Crippen LogP contribution in [0.15, 0.2) is 22.7 Å². The third kappa shape index (κ3) is 2.30. The lowest BCUT2D eigenvalue weighted by Gasteiger charge is -2.23. The van der Waals surface area contributed by atoms with E-state index in [1.165, 1.54) is 42.1 Å². The van der Waals surface area contributed by atoms with E-state index in [4.69, 9.17) is 0 Å². The van der Waals surface area contributed by atoms with E-state index in [-0.39, 0.29) is 0 Å². The Labute approximate surface area is 111 Å². The Morgan fingerprint density at radius 3 is 2.41 bits per heavy atom. The first-order valence-electron chi connectivity index (χ1n) is 6.71. The topological polar surface area (TPSA) is 20.2 Å². The van der Waals surface area contributed by atoms with Crippen molar-refractivity contribution in [3.63, 3.8) is 0 Å². The highest BCUT2D eigenvalue weighted by Crippen LogP contribution is 2.47. The summed E-state index contributed by atoms with van der Waals surface area (Å²) in [6.45, 7) is 0. The van der Waals surface area contributed by atoms with Crippen molar-refractivity contribution >= 4 is 15.9 Å². The van der Waals surface area contributed by atoms with Gasteiger partial charge < -0.3 is 5.11 Å². The first-order chi connectivity index (χ1) is 8.19. The Kier molecular flexibility index (Phi) is 3.04. The Morgan fingerprint density at radius 1 is 1.12 bits per heavy atom. The minimum Gasteiger partial charge on any atom is -0.385 e. The summed E-state index contributed by atoms with van der Waals surface area (Å²) in [5.74, 6) is 0.723. The standard InChI is InChI=1S/C15H19BrO/c16-14-10-12(15(17)8-9-15)6-7-13(14)11-4-2-1-3-5-11/h6-7,10-11,17H,1-5,8-9H2. The van der Waals surface area contributed by atoms with Crippen molar-refractivity contribution < 1.29 is 5.11 Å². The maximum absolute atomic E-state index is 10.1. The molecule has 2 fully saturated rings. The SMILES string of the molecule is OC1(c2ccc(C3CCCCC3)c(Br)c2)CC1. The molecule has 0 bridgehead atoms. The third-order valence-corrected chi connectivity index (χ3v) is 4.99. The fourth-order valence-electron chi connectivity index (χ4n) is 2.97. The third-order valence-electron chi connectivity index (χ3n) is 4.31. The van der Waals surface area contributed by atoms with E-state index in [1.807, 2.05) is 0 Å². The summed E-state index contributed by atoms with van der Waals surface area (Å²) in [6.07, 6.45) is 8.60. The van der Waals surface area contributed by atoms with Gasteiger partial charge in [0.15, 0.2) is 0 Å². The van der Waals surface area contributed by atoms with Crippen molar-refractivity contribution in [1.29, 1.82) is 0 Å². The van der Waals surface area contributed by atoms with E-state index in [0.717, 1.165) is 24.3 Å². The second-order valence-corrected chi connectivity index (χ2v) is 6.46. The van der Waals surface area contributed by atoms with Crippen LogP contribution in [0.1, 0.15) is 62.0 Å². The molecule has 1 aromatic carbocycles. The molecule has 0 unspecified atom stereocenters. The first kappa shape index (κ1) is 11.7. The smallest absolute Gasteiger partial charge is 0.0899 e. The molecule has 0 aromatic heterocycles. The van der Waals surface area contributed by atoms with Gasteiger partial charge in [-0.25, -0.2) is 0 Å². The Morgan fingerprint density at radius 2 is 1.82 bits per heavy atom. The van der Waals surface area contributed by atoms with E-state index < -0.39 is 5.60 Å². The van der Waals surface area contributed by atoms with Gasteiger partial charge in [-0.05, 0) is 48.8 Å². The first-order valence-corrected chi connectivity index (χ1v) is 7.51. The molecule has 1 N–H and O–H groups in total. The van der Waals surface area contributed by atoms with Gasteiger partial charge in [-0.15, -0.1) is 0 Å². The summed E-state index contributed by atoms with van der Waals surface area (Å²) < 4.78 is 1.20. The number of halogens is 1. The zero-order valence-electron chi connectivity index (χ0n) is 10.1. The average molecular weight is 295 g/mol. The lowest BCUT2D eigenvalue weighted by Crippen LogP contribution is -2.08. The molecule has 3 rings (SSSR count). The van der Waals surface area contributed by atoms with E-state index in [9.17, 15) is 5.11 Å². The predicted octanol–water partition coefficient (Wildman–Crippen LogP) is 4.48. The summed E-state index contributed by atoms with van der Waals surface area (Å²) in [4.78, 5) is 0. The lowest BCUT2D eigenvalue weighted by atomic mass is 9.83. The highest BCUT2D eigenvalue weighted by molar-refractivity contribution is 9.10. The Hall–Kier alpha value is -0.340. The maximum atomic E-state index is 10.1. The van der Waals surface area contributed by atoms with Gasteiger partial charge in [0.05, 0.1) is 5.60 Å². The molecule has 17 heavy (non-hydrogen) atoms. The van der Waals surface area contributed by atoms with Crippen LogP contribution in [0, 0.1) is 0 Å². The van der Waals surface area contributed by atoms with Gasteiger partial charge >= 0.3 is 0 Å². The lowest BCUT2D eigenvalue weighted by molar-refractivity contribution is 0.151. The molecule has 0 heterocycles. The Balaban J connectivity index is 1.85. The van der Waals surface area contributed by atoms with Crippen molar-refractivity contribution in [1.82, 2.24) is 0 Å². The van der Waals surface area contributed by atoms with Crippen molar-refractivity contribution in [3.8, 4) is 0 Å². The molecule has 1 nitrogen and oxygen atoms in total. The highest BCUT2D eigenvalue weighted by Gasteiger charge is 2.42. The Bertz CT molecular complexity index is 417. The van der Waals surface area contributed by atoms with Crippen LogP contribution in [0.4, 0.5) is 0 Å². The molecule has 0 saturated heterocycles. The average Bonchev–Trinajstić information content (AvgIpc) is 3.10. The van der Waals surface area contributed by atoms with Gasteiger partial charge in [0.25, 0.3) is 0 Å². The zero-order valence-corrected chi connectivity index (χ0v) is 11.7. The van der Waals surface area contributed by atoms with E-state index in [0.29, 0.717) is 0 Å². The second-order valence-electron chi connectivity index (χ2n) is 5.60. The zero-order chi connectivity index (χ0) is 11.9. The van der Waals surface area contributed by atoms with Crippen LogP contribution in [-0.2, 0) is 5.60 Å². The summed E-state index contributed by atoms with van der Waals surface area (Å²) in [7, 11) is 0. The largest absolute Gasteiger partial charge is 0.385 e. The van der Waals surface area contributed by atoms with Crippen molar-refractivity contribution in [2.24, 2.45) is 0 Å². The minimum atomic E-state index is -0.506. The van der Waals surface area contributed by atoms with Crippen LogP contribution < -0.4 is 0 Å². The van der Waals surface area contributed by atoms with Crippen LogP contribution in [-0.4, -0.2) is 5.11 Å². The highest BCUT2D eigenvalue weighted by atomic mass is 79.9. The van der Waals surface area contributed by atoms with Crippen molar-refractivity contribution in [2.45, 2.75) is 56.5 Å². The number of rotatable bonds is 2. The summed E-state index contributed by atoms with van der Waals surface area (Å²) in [5.41, 5.74) is 2.02. The summed E-state index contributed by atoms with van der Waals surface area (Å²) in [6, 6.07) is 6.49. The van der Waals surface area contributed by atoms with Crippen LogP contribution >= 0.6 is 15.9 Å².